The summed E-state index contributed by atoms with van der Waals surface area (Å²) in [5.41, 5.74) is 0.935. The van der Waals surface area contributed by atoms with Crippen LogP contribution in [-0.2, 0) is 6.54 Å². The molecule has 2 rings (SSSR count). The lowest BCUT2D eigenvalue weighted by molar-refractivity contribution is 0.178. The van der Waals surface area contributed by atoms with E-state index in [4.69, 9.17) is 4.74 Å². The van der Waals surface area contributed by atoms with E-state index in [1.54, 1.807) is 7.11 Å². The highest BCUT2D eigenvalue weighted by atomic mass is 127. The van der Waals surface area contributed by atoms with Gasteiger partial charge in [-0.1, -0.05) is 0 Å². The SMILES string of the molecule is CCNC(=NCc1nc(-c2ccc(OC)cc2)n[nH]1)NCCN(C(C)C)C(C)C.I. The molecule has 0 amide bonds. The highest BCUT2D eigenvalue weighted by molar-refractivity contribution is 14.0. The van der Waals surface area contributed by atoms with E-state index in [9.17, 15) is 0 Å². The maximum atomic E-state index is 5.19. The number of guanidine groups is 1. The van der Waals surface area contributed by atoms with Gasteiger partial charge in [0.1, 0.15) is 18.1 Å². The number of nitrogens with zero attached hydrogens (tertiary/aromatic N) is 4. The zero-order valence-corrected chi connectivity index (χ0v) is 21.2. The van der Waals surface area contributed by atoms with Crippen molar-refractivity contribution in [3.05, 3.63) is 30.1 Å². The summed E-state index contributed by atoms with van der Waals surface area (Å²) in [5.74, 6) is 2.96. The summed E-state index contributed by atoms with van der Waals surface area (Å²) in [5, 5.41) is 14.0. The van der Waals surface area contributed by atoms with Crippen LogP contribution in [0.5, 0.6) is 5.75 Å². The van der Waals surface area contributed by atoms with Gasteiger partial charge in [-0.15, -0.1) is 24.0 Å². The number of hydrogen-bond acceptors (Lipinski definition) is 5. The largest absolute Gasteiger partial charge is 0.497 e. The number of H-pyrrole nitrogens is 1. The van der Waals surface area contributed by atoms with Crippen molar-refractivity contribution >= 4 is 29.9 Å². The summed E-state index contributed by atoms with van der Waals surface area (Å²) in [7, 11) is 1.65. The number of nitrogens with one attached hydrogen (secondary N) is 3. The third kappa shape index (κ3) is 8.10. The first kappa shape index (κ1) is 26.2. The molecule has 0 aliphatic heterocycles. The number of aromatic nitrogens is 3. The molecule has 0 aliphatic rings. The van der Waals surface area contributed by atoms with Crippen molar-refractivity contribution in [2.75, 3.05) is 26.7 Å². The van der Waals surface area contributed by atoms with Crippen molar-refractivity contribution in [1.82, 2.24) is 30.7 Å². The number of aliphatic imine (C=N–C) groups is 1. The molecule has 0 spiro atoms. The molecule has 8 nitrogen and oxygen atoms in total. The van der Waals surface area contributed by atoms with Gasteiger partial charge in [-0.05, 0) is 58.9 Å². The van der Waals surface area contributed by atoms with Crippen LogP contribution in [0.25, 0.3) is 11.4 Å². The molecule has 1 aromatic carbocycles. The van der Waals surface area contributed by atoms with Crippen LogP contribution in [0.15, 0.2) is 29.3 Å². The molecule has 0 bridgehead atoms. The number of ether oxygens (including phenoxy) is 1. The average molecular weight is 529 g/mol. The molecule has 0 fully saturated rings. The van der Waals surface area contributed by atoms with Crippen LogP contribution in [0.3, 0.4) is 0 Å². The van der Waals surface area contributed by atoms with E-state index in [1.807, 2.05) is 24.3 Å². The Kier molecular flexibility index (Phi) is 11.7. The Labute approximate surface area is 197 Å². The van der Waals surface area contributed by atoms with Crippen LogP contribution in [0.1, 0.15) is 40.4 Å². The van der Waals surface area contributed by atoms with Crippen LogP contribution in [-0.4, -0.2) is 64.9 Å². The van der Waals surface area contributed by atoms with Gasteiger partial charge >= 0.3 is 0 Å². The summed E-state index contributed by atoms with van der Waals surface area (Å²) in [4.78, 5) is 11.6. The predicted octanol–water partition coefficient (Wildman–Crippen LogP) is 3.27. The van der Waals surface area contributed by atoms with Gasteiger partial charge in [0.15, 0.2) is 11.8 Å². The highest BCUT2D eigenvalue weighted by Crippen LogP contribution is 2.19. The Bertz CT molecular complexity index is 751. The molecule has 0 saturated carbocycles. The smallest absolute Gasteiger partial charge is 0.191 e. The van der Waals surface area contributed by atoms with E-state index in [2.05, 4.69) is 70.3 Å². The lowest BCUT2D eigenvalue weighted by Crippen LogP contribution is -2.45. The number of hydrogen-bond donors (Lipinski definition) is 3. The van der Waals surface area contributed by atoms with E-state index in [1.165, 1.54) is 0 Å². The molecule has 1 heterocycles. The second kappa shape index (κ2) is 13.4. The van der Waals surface area contributed by atoms with E-state index in [0.29, 0.717) is 24.5 Å². The molecule has 168 valence electrons. The monoisotopic (exact) mass is 529 g/mol. The van der Waals surface area contributed by atoms with Gasteiger partial charge in [0.25, 0.3) is 0 Å². The van der Waals surface area contributed by atoms with Gasteiger partial charge in [0.05, 0.1) is 7.11 Å². The summed E-state index contributed by atoms with van der Waals surface area (Å²) < 4.78 is 5.19. The first-order valence-electron chi connectivity index (χ1n) is 10.3. The molecule has 9 heteroatoms. The standard InChI is InChI=1S/C21H35N7O.HI/c1-7-22-21(23-12-13-28(15(2)3)16(4)5)24-14-19-25-20(27-26-19)17-8-10-18(29-6)11-9-17;/h8-11,15-16H,7,12-14H2,1-6H3,(H2,22,23,24)(H,25,26,27);1H. The van der Waals surface area contributed by atoms with Gasteiger partial charge in [-0.25, -0.2) is 9.98 Å². The van der Waals surface area contributed by atoms with Crippen LogP contribution >= 0.6 is 24.0 Å². The highest BCUT2D eigenvalue weighted by Gasteiger charge is 2.13. The van der Waals surface area contributed by atoms with Gasteiger partial charge in [-0.2, -0.15) is 5.10 Å². The minimum absolute atomic E-state index is 0. The molecule has 0 unspecified atom stereocenters. The fourth-order valence-electron chi connectivity index (χ4n) is 3.15. The van der Waals surface area contributed by atoms with E-state index < -0.39 is 0 Å². The van der Waals surface area contributed by atoms with Gasteiger partial charge in [0, 0.05) is 37.3 Å². The Morgan fingerprint density at radius 1 is 1.13 bits per heavy atom. The number of methoxy groups -OCH3 is 1. The number of benzene rings is 1. The molecular formula is C21H36IN7O. The van der Waals surface area contributed by atoms with E-state index >= 15 is 0 Å². The van der Waals surface area contributed by atoms with Crippen LogP contribution in [0, 0.1) is 0 Å². The Morgan fingerprint density at radius 2 is 1.80 bits per heavy atom. The van der Waals surface area contributed by atoms with Gasteiger partial charge in [-0.3, -0.25) is 10.00 Å². The first-order chi connectivity index (χ1) is 13.9. The number of aromatic amines is 1. The zero-order chi connectivity index (χ0) is 21.2. The second-order valence-electron chi connectivity index (χ2n) is 7.38. The minimum atomic E-state index is 0. The van der Waals surface area contributed by atoms with Crippen molar-refractivity contribution in [1.29, 1.82) is 0 Å². The zero-order valence-electron chi connectivity index (χ0n) is 18.9. The second-order valence-corrected chi connectivity index (χ2v) is 7.38. The van der Waals surface area contributed by atoms with Crippen molar-refractivity contribution < 1.29 is 4.74 Å². The lowest BCUT2D eigenvalue weighted by Gasteiger charge is -2.30. The molecule has 1 aromatic heterocycles. The average Bonchev–Trinajstić information content (AvgIpc) is 3.17. The first-order valence-corrected chi connectivity index (χ1v) is 10.3. The molecule has 0 radical (unpaired) electrons. The van der Waals surface area contributed by atoms with E-state index in [0.717, 1.165) is 42.7 Å². The Hall–Kier alpha value is -1.88. The third-order valence-electron chi connectivity index (χ3n) is 4.60. The van der Waals surface area contributed by atoms with Crippen LogP contribution in [0.4, 0.5) is 0 Å². The molecule has 2 aromatic rings. The normalized spacial score (nSPS) is 11.7. The van der Waals surface area contributed by atoms with Crippen molar-refractivity contribution in [2.45, 2.75) is 53.2 Å². The lowest BCUT2D eigenvalue weighted by atomic mass is 10.2. The summed E-state index contributed by atoms with van der Waals surface area (Å²) >= 11 is 0. The molecule has 3 N–H and O–H groups in total. The van der Waals surface area contributed by atoms with Gasteiger partial charge < -0.3 is 15.4 Å². The number of rotatable bonds is 10. The Morgan fingerprint density at radius 3 is 2.37 bits per heavy atom. The fourth-order valence-corrected chi connectivity index (χ4v) is 3.15. The van der Waals surface area contributed by atoms with Crippen LogP contribution in [0.2, 0.25) is 0 Å². The summed E-state index contributed by atoms with van der Waals surface area (Å²) in [6.07, 6.45) is 0. The fraction of sp³-hybridized carbons (Fsp3) is 0.571. The minimum Gasteiger partial charge on any atom is -0.497 e. The van der Waals surface area contributed by atoms with Crippen LogP contribution < -0.4 is 15.4 Å². The Balaban J connectivity index is 0.00000450. The molecule has 0 saturated heterocycles. The van der Waals surface area contributed by atoms with Crippen molar-refractivity contribution in [2.24, 2.45) is 4.99 Å². The van der Waals surface area contributed by atoms with E-state index in [-0.39, 0.29) is 24.0 Å². The van der Waals surface area contributed by atoms with Crippen molar-refractivity contribution in [3.8, 4) is 17.1 Å². The molecule has 0 atom stereocenters. The topological polar surface area (TPSA) is 90.5 Å². The molecular weight excluding hydrogens is 493 g/mol. The molecule has 0 aliphatic carbocycles. The molecule has 30 heavy (non-hydrogen) atoms. The quantitative estimate of drug-likeness (QED) is 0.249. The van der Waals surface area contributed by atoms with Crippen molar-refractivity contribution in [3.63, 3.8) is 0 Å². The predicted molar refractivity (Wildman–Crippen MR) is 134 cm³/mol. The maximum Gasteiger partial charge on any atom is 0.191 e. The third-order valence-corrected chi connectivity index (χ3v) is 4.60. The summed E-state index contributed by atoms with van der Waals surface area (Å²) in [6, 6.07) is 8.71. The number of halogens is 1. The maximum absolute atomic E-state index is 5.19. The summed E-state index contributed by atoms with van der Waals surface area (Å²) in [6.45, 7) is 14.0. The van der Waals surface area contributed by atoms with Gasteiger partial charge in [0.2, 0.25) is 0 Å².